The highest BCUT2D eigenvalue weighted by Crippen LogP contribution is 2.19. The van der Waals surface area contributed by atoms with Gasteiger partial charge in [-0.2, -0.15) is 0 Å². The number of anilines is 1. The van der Waals surface area contributed by atoms with E-state index in [1.54, 1.807) is 6.07 Å². The number of ether oxygens (including phenoxy) is 1. The smallest absolute Gasteiger partial charge is 0.241 e. The van der Waals surface area contributed by atoms with Crippen LogP contribution in [-0.2, 0) is 14.8 Å². The first kappa shape index (κ1) is 15.2. The number of aromatic nitrogens is 1. The number of nitrogens with zero attached hydrogens (tertiary/aromatic N) is 1. The van der Waals surface area contributed by atoms with Crippen molar-refractivity contribution >= 4 is 15.8 Å². The molecule has 1 fully saturated rings. The van der Waals surface area contributed by atoms with Gasteiger partial charge in [0.05, 0.1) is 11.5 Å². The lowest BCUT2D eigenvalue weighted by atomic mass is 10.0. The molecule has 0 bridgehead atoms. The minimum Gasteiger partial charge on any atom is -0.381 e. The number of pyridine rings is 1. The third-order valence-electron chi connectivity index (χ3n) is 3.41. The molecule has 0 saturated carbocycles. The highest BCUT2D eigenvalue weighted by molar-refractivity contribution is 7.89. The van der Waals surface area contributed by atoms with Gasteiger partial charge in [0.2, 0.25) is 10.0 Å². The molecule has 2 atom stereocenters. The van der Waals surface area contributed by atoms with Crippen molar-refractivity contribution in [2.75, 3.05) is 25.1 Å². The molecular formula is C13H21N3O3S. The molecule has 112 valence electrons. The number of nitrogens with one attached hydrogen (secondary N) is 2. The molecule has 7 heteroatoms. The fraction of sp³-hybridized carbons (Fsp3) is 0.615. The summed E-state index contributed by atoms with van der Waals surface area (Å²) >= 11 is 0. The Morgan fingerprint density at radius 3 is 3.00 bits per heavy atom. The van der Waals surface area contributed by atoms with Gasteiger partial charge >= 0.3 is 0 Å². The van der Waals surface area contributed by atoms with Gasteiger partial charge in [-0.15, -0.1) is 0 Å². The second kappa shape index (κ2) is 6.51. The zero-order valence-electron chi connectivity index (χ0n) is 11.8. The Morgan fingerprint density at radius 1 is 1.55 bits per heavy atom. The maximum atomic E-state index is 12.3. The first-order valence-corrected chi connectivity index (χ1v) is 8.31. The SMILES string of the molecule is CCNc1cc(S(=O)(=O)NC(C)C2CCOC2)ccn1. The van der Waals surface area contributed by atoms with Gasteiger partial charge in [0, 0.05) is 37.4 Å². The van der Waals surface area contributed by atoms with E-state index in [0.29, 0.717) is 25.6 Å². The van der Waals surface area contributed by atoms with Crippen LogP contribution < -0.4 is 10.0 Å². The fourth-order valence-electron chi connectivity index (χ4n) is 2.21. The summed E-state index contributed by atoms with van der Waals surface area (Å²) < 4.78 is 32.7. The molecule has 2 heterocycles. The Bertz CT molecular complexity index is 542. The van der Waals surface area contributed by atoms with Crippen LogP contribution in [0.25, 0.3) is 0 Å². The molecule has 2 rings (SSSR count). The Morgan fingerprint density at radius 2 is 2.35 bits per heavy atom. The third kappa shape index (κ3) is 3.68. The van der Waals surface area contributed by atoms with Gasteiger partial charge in [-0.3, -0.25) is 0 Å². The predicted octanol–water partition coefficient (Wildman–Crippen LogP) is 1.22. The molecule has 6 nitrogen and oxygen atoms in total. The zero-order chi connectivity index (χ0) is 14.6. The molecule has 1 aromatic heterocycles. The van der Waals surface area contributed by atoms with Crippen LogP contribution in [0.5, 0.6) is 0 Å². The predicted molar refractivity (Wildman–Crippen MR) is 77.1 cm³/mol. The standard InChI is InChI=1S/C13H21N3O3S/c1-3-14-13-8-12(4-6-15-13)20(17,18)16-10(2)11-5-7-19-9-11/h4,6,8,10-11,16H,3,5,7,9H2,1-2H3,(H,14,15). The highest BCUT2D eigenvalue weighted by Gasteiger charge is 2.26. The number of sulfonamides is 1. The third-order valence-corrected chi connectivity index (χ3v) is 4.97. The van der Waals surface area contributed by atoms with Crippen molar-refractivity contribution in [3.8, 4) is 0 Å². The van der Waals surface area contributed by atoms with Gasteiger partial charge in [0.1, 0.15) is 5.82 Å². The monoisotopic (exact) mass is 299 g/mol. The minimum absolute atomic E-state index is 0.141. The first-order valence-electron chi connectivity index (χ1n) is 6.83. The Hall–Kier alpha value is -1.18. The van der Waals surface area contributed by atoms with Crippen LogP contribution in [0.1, 0.15) is 20.3 Å². The van der Waals surface area contributed by atoms with E-state index < -0.39 is 10.0 Å². The van der Waals surface area contributed by atoms with Crippen molar-refractivity contribution in [1.82, 2.24) is 9.71 Å². The second-order valence-corrected chi connectivity index (χ2v) is 6.65. The quantitative estimate of drug-likeness (QED) is 0.825. The van der Waals surface area contributed by atoms with Crippen molar-refractivity contribution in [3.63, 3.8) is 0 Å². The summed E-state index contributed by atoms with van der Waals surface area (Å²) in [6.45, 7) is 5.82. The maximum Gasteiger partial charge on any atom is 0.241 e. The number of hydrogen-bond acceptors (Lipinski definition) is 5. The van der Waals surface area contributed by atoms with E-state index >= 15 is 0 Å². The highest BCUT2D eigenvalue weighted by atomic mass is 32.2. The summed E-state index contributed by atoms with van der Waals surface area (Å²) in [6, 6.07) is 2.91. The van der Waals surface area contributed by atoms with E-state index in [-0.39, 0.29) is 16.9 Å². The Kier molecular flexibility index (Phi) is 4.95. The molecule has 2 N–H and O–H groups in total. The van der Waals surface area contributed by atoms with Crippen LogP contribution >= 0.6 is 0 Å². The summed E-state index contributed by atoms with van der Waals surface area (Å²) in [5, 5.41) is 3.01. The molecule has 1 aromatic rings. The topological polar surface area (TPSA) is 80.3 Å². The summed E-state index contributed by atoms with van der Waals surface area (Å²) in [6.07, 6.45) is 2.39. The van der Waals surface area contributed by atoms with E-state index in [4.69, 9.17) is 4.74 Å². The summed E-state index contributed by atoms with van der Waals surface area (Å²) in [5.41, 5.74) is 0. The van der Waals surface area contributed by atoms with E-state index in [9.17, 15) is 8.42 Å². The fourth-order valence-corrected chi connectivity index (χ4v) is 3.54. The summed E-state index contributed by atoms with van der Waals surface area (Å²) in [4.78, 5) is 4.31. The number of hydrogen-bond donors (Lipinski definition) is 2. The Balaban J connectivity index is 2.10. The van der Waals surface area contributed by atoms with Crippen molar-refractivity contribution in [3.05, 3.63) is 18.3 Å². The van der Waals surface area contributed by atoms with Gasteiger partial charge < -0.3 is 10.1 Å². The van der Waals surface area contributed by atoms with Gasteiger partial charge in [-0.05, 0) is 26.3 Å². The lowest BCUT2D eigenvalue weighted by Crippen LogP contribution is -2.38. The molecule has 0 aliphatic carbocycles. The van der Waals surface area contributed by atoms with Gasteiger partial charge in [-0.1, -0.05) is 0 Å². The Labute approximate surface area is 120 Å². The van der Waals surface area contributed by atoms with Crippen LogP contribution in [0.2, 0.25) is 0 Å². The molecule has 1 aliphatic rings. The lowest BCUT2D eigenvalue weighted by Gasteiger charge is -2.19. The summed E-state index contributed by atoms with van der Waals surface area (Å²) in [7, 11) is -3.52. The molecule has 1 saturated heterocycles. The van der Waals surface area contributed by atoms with Crippen molar-refractivity contribution in [2.45, 2.75) is 31.2 Å². The van der Waals surface area contributed by atoms with Gasteiger partial charge in [0.25, 0.3) is 0 Å². The van der Waals surface area contributed by atoms with Crippen LogP contribution in [0.4, 0.5) is 5.82 Å². The molecule has 0 aromatic carbocycles. The van der Waals surface area contributed by atoms with Gasteiger partial charge in [-0.25, -0.2) is 18.1 Å². The van der Waals surface area contributed by atoms with E-state index in [0.717, 1.165) is 6.42 Å². The molecule has 20 heavy (non-hydrogen) atoms. The lowest BCUT2D eigenvalue weighted by molar-refractivity contribution is 0.180. The molecular weight excluding hydrogens is 278 g/mol. The van der Waals surface area contributed by atoms with E-state index in [1.807, 2.05) is 13.8 Å². The van der Waals surface area contributed by atoms with Gasteiger partial charge in [0.15, 0.2) is 0 Å². The average Bonchev–Trinajstić information content (AvgIpc) is 2.93. The first-order chi connectivity index (χ1) is 9.53. The zero-order valence-corrected chi connectivity index (χ0v) is 12.6. The molecule has 0 spiro atoms. The van der Waals surface area contributed by atoms with Crippen LogP contribution in [0.15, 0.2) is 23.2 Å². The molecule has 1 aliphatic heterocycles. The van der Waals surface area contributed by atoms with Crippen molar-refractivity contribution in [1.29, 1.82) is 0 Å². The van der Waals surface area contributed by atoms with Crippen LogP contribution in [0.3, 0.4) is 0 Å². The van der Waals surface area contributed by atoms with E-state index in [2.05, 4.69) is 15.0 Å². The molecule has 2 unspecified atom stereocenters. The maximum absolute atomic E-state index is 12.3. The van der Waals surface area contributed by atoms with Crippen LogP contribution in [0, 0.1) is 5.92 Å². The van der Waals surface area contributed by atoms with Crippen LogP contribution in [-0.4, -0.2) is 39.2 Å². The largest absolute Gasteiger partial charge is 0.381 e. The van der Waals surface area contributed by atoms with E-state index in [1.165, 1.54) is 12.3 Å². The van der Waals surface area contributed by atoms with Crippen molar-refractivity contribution < 1.29 is 13.2 Å². The second-order valence-electron chi connectivity index (χ2n) is 4.94. The normalized spacial score (nSPS) is 20.8. The average molecular weight is 299 g/mol. The summed E-state index contributed by atoms with van der Waals surface area (Å²) in [5.74, 6) is 0.798. The molecule has 0 amide bonds. The number of rotatable bonds is 6. The minimum atomic E-state index is -3.52. The molecule has 0 radical (unpaired) electrons. The van der Waals surface area contributed by atoms with Crippen molar-refractivity contribution in [2.24, 2.45) is 5.92 Å².